The average molecular weight is 439 g/mol. The van der Waals surface area contributed by atoms with Gasteiger partial charge in [0.1, 0.15) is 17.3 Å². The number of rotatable bonds is 10. The molecule has 0 aliphatic rings. The third-order valence-electron chi connectivity index (χ3n) is 4.07. The van der Waals surface area contributed by atoms with Gasteiger partial charge in [-0.25, -0.2) is 17.5 Å². The summed E-state index contributed by atoms with van der Waals surface area (Å²) in [6.07, 6.45) is 1.77. The van der Waals surface area contributed by atoms with Crippen molar-refractivity contribution in [3.63, 3.8) is 0 Å². The van der Waals surface area contributed by atoms with Gasteiger partial charge in [0.05, 0.1) is 29.9 Å². The maximum atomic E-state index is 14.3. The highest BCUT2D eigenvalue weighted by Crippen LogP contribution is 2.30. The molecule has 0 unspecified atom stereocenters. The second-order valence-electron chi connectivity index (χ2n) is 6.94. The van der Waals surface area contributed by atoms with Gasteiger partial charge in [-0.2, -0.15) is 0 Å². The quantitative estimate of drug-likeness (QED) is 0.548. The van der Waals surface area contributed by atoms with Crippen LogP contribution in [0.1, 0.15) is 44.0 Å². The van der Waals surface area contributed by atoms with E-state index in [0.29, 0.717) is 23.8 Å². The molecule has 0 aromatic heterocycles. The number of hydrogen-bond donors (Lipinski definition) is 2. The molecule has 0 radical (unpaired) electrons. The fourth-order valence-electron chi connectivity index (χ4n) is 2.60. The first-order valence-electron chi connectivity index (χ1n) is 9.62. The number of unbranched alkanes of at least 4 members (excludes halogenated alkanes) is 1. The molecule has 0 saturated heterocycles. The van der Waals surface area contributed by atoms with Crippen LogP contribution in [0.5, 0.6) is 11.5 Å². The standard InChI is InChI=1S/C21H27FN2O5S/c1-5-6-11-29-20-10-7-15(28-4)12-19(20)23-21(25)17-13-16(8-9-18(17)22)30(26,27)24-14(2)3/h7-10,12-14,24H,5-6,11H2,1-4H3,(H,23,25). The van der Waals surface area contributed by atoms with Crippen molar-refractivity contribution in [2.75, 3.05) is 19.0 Å². The Morgan fingerprint density at radius 1 is 1.17 bits per heavy atom. The van der Waals surface area contributed by atoms with E-state index < -0.39 is 27.3 Å². The summed E-state index contributed by atoms with van der Waals surface area (Å²) in [5.74, 6) is -0.760. The van der Waals surface area contributed by atoms with Crippen LogP contribution in [0.15, 0.2) is 41.3 Å². The first-order valence-corrected chi connectivity index (χ1v) is 11.1. The molecule has 7 nitrogen and oxygen atoms in total. The SMILES string of the molecule is CCCCOc1ccc(OC)cc1NC(=O)c1cc(S(=O)(=O)NC(C)C)ccc1F. The van der Waals surface area contributed by atoms with Crippen LogP contribution in [-0.4, -0.2) is 34.1 Å². The van der Waals surface area contributed by atoms with Gasteiger partial charge in [0.15, 0.2) is 0 Å². The molecule has 164 valence electrons. The van der Waals surface area contributed by atoms with Crippen molar-refractivity contribution in [2.24, 2.45) is 0 Å². The lowest BCUT2D eigenvalue weighted by Crippen LogP contribution is -2.30. The second kappa shape index (κ2) is 10.4. The normalized spacial score (nSPS) is 11.4. The van der Waals surface area contributed by atoms with Crippen molar-refractivity contribution in [1.82, 2.24) is 4.72 Å². The van der Waals surface area contributed by atoms with Gasteiger partial charge in [0.25, 0.3) is 5.91 Å². The summed E-state index contributed by atoms with van der Waals surface area (Å²) in [5, 5.41) is 2.59. The number of ether oxygens (including phenoxy) is 2. The van der Waals surface area contributed by atoms with Crippen LogP contribution in [0, 0.1) is 5.82 Å². The van der Waals surface area contributed by atoms with Crippen LogP contribution >= 0.6 is 0 Å². The Labute approximate surface area is 176 Å². The molecule has 0 aliphatic heterocycles. The van der Waals surface area contributed by atoms with Crippen molar-refractivity contribution >= 4 is 21.6 Å². The number of sulfonamides is 1. The number of nitrogens with one attached hydrogen (secondary N) is 2. The zero-order chi connectivity index (χ0) is 22.3. The fourth-order valence-corrected chi connectivity index (χ4v) is 3.88. The molecule has 0 spiro atoms. The maximum Gasteiger partial charge on any atom is 0.258 e. The van der Waals surface area contributed by atoms with E-state index >= 15 is 0 Å². The van der Waals surface area contributed by atoms with Gasteiger partial charge in [-0.3, -0.25) is 4.79 Å². The minimum atomic E-state index is -3.88. The number of hydrogen-bond acceptors (Lipinski definition) is 5. The van der Waals surface area contributed by atoms with Gasteiger partial charge in [-0.1, -0.05) is 13.3 Å². The lowest BCUT2D eigenvalue weighted by atomic mass is 10.2. The van der Waals surface area contributed by atoms with Crippen LogP contribution in [0.25, 0.3) is 0 Å². The highest BCUT2D eigenvalue weighted by atomic mass is 32.2. The van der Waals surface area contributed by atoms with Crippen molar-refractivity contribution in [1.29, 1.82) is 0 Å². The summed E-state index contributed by atoms with van der Waals surface area (Å²) in [4.78, 5) is 12.6. The number of methoxy groups -OCH3 is 1. The van der Waals surface area contributed by atoms with E-state index in [0.717, 1.165) is 31.0 Å². The van der Waals surface area contributed by atoms with E-state index in [1.165, 1.54) is 7.11 Å². The molecular formula is C21H27FN2O5S. The summed E-state index contributed by atoms with van der Waals surface area (Å²) in [6.45, 7) is 5.81. The monoisotopic (exact) mass is 438 g/mol. The Bertz CT molecular complexity index is 993. The van der Waals surface area contributed by atoms with Gasteiger partial charge in [-0.15, -0.1) is 0 Å². The largest absolute Gasteiger partial charge is 0.497 e. The lowest BCUT2D eigenvalue weighted by Gasteiger charge is -2.15. The number of halogens is 1. The van der Waals surface area contributed by atoms with Crippen LogP contribution in [0.3, 0.4) is 0 Å². The summed E-state index contributed by atoms with van der Waals surface area (Å²) < 4.78 is 52.4. The Balaban J connectivity index is 2.34. The van der Waals surface area contributed by atoms with Gasteiger partial charge >= 0.3 is 0 Å². The third-order valence-corrected chi connectivity index (χ3v) is 5.73. The summed E-state index contributed by atoms with van der Waals surface area (Å²) in [7, 11) is -2.40. The number of carbonyl (C=O) groups is 1. The number of carbonyl (C=O) groups excluding carboxylic acids is 1. The minimum absolute atomic E-state index is 0.201. The number of anilines is 1. The number of benzene rings is 2. The molecule has 9 heteroatoms. The third kappa shape index (κ3) is 6.17. The Hall–Kier alpha value is -2.65. The number of amides is 1. The molecule has 1 amide bonds. The molecule has 0 atom stereocenters. The van der Waals surface area contributed by atoms with Gasteiger partial charge in [-0.05, 0) is 50.6 Å². The Morgan fingerprint density at radius 2 is 1.90 bits per heavy atom. The highest BCUT2D eigenvalue weighted by molar-refractivity contribution is 7.89. The Kier molecular flexibility index (Phi) is 8.19. The van der Waals surface area contributed by atoms with Crippen molar-refractivity contribution in [3.8, 4) is 11.5 Å². The van der Waals surface area contributed by atoms with Crippen molar-refractivity contribution in [3.05, 3.63) is 47.8 Å². The zero-order valence-corrected chi connectivity index (χ0v) is 18.3. The zero-order valence-electron chi connectivity index (χ0n) is 17.5. The fraction of sp³-hybridized carbons (Fsp3) is 0.381. The van der Waals surface area contributed by atoms with Crippen LogP contribution in [0.4, 0.5) is 10.1 Å². The first-order chi connectivity index (χ1) is 14.2. The van der Waals surface area contributed by atoms with E-state index in [1.807, 2.05) is 6.92 Å². The second-order valence-corrected chi connectivity index (χ2v) is 8.65. The van der Waals surface area contributed by atoms with Gasteiger partial charge in [0.2, 0.25) is 10.0 Å². The summed E-state index contributed by atoms with van der Waals surface area (Å²) in [6, 6.07) is 7.61. The van der Waals surface area contributed by atoms with E-state index in [9.17, 15) is 17.6 Å². The molecule has 0 aliphatic carbocycles. The molecule has 2 rings (SSSR count). The summed E-state index contributed by atoms with van der Waals surface area (Å²) in [5.41, 5.74) is -0.104. The van der Waals surface area contributed by atoms with E-state index in [4.69, 9.17) is 9.47 Å². The van der Waals surface area contributed by atoms with Gasteiger partial charge in [0, 0.05) is 12.1 Å². The molecule has 0 heterocycles. The average Bonchev–Trinajstić information content (AvgIpc) is 2.68. The lowest BCUT2D eigenvalue weighted by molar-refractivity contribution is 0.102. The van der Waals surface area contributed by atoms with Crippen LogP contribution < -0.4 is 19.5 Å². The van der Waals surface area contributed by atoms with Gasteiger partial charge < -0.3 is 14.8 Å². The molecule has 2 N–H and O–H groups in total. The molecule has 0 saturated carbocycles. The van der Waals surface area contributed by atoms with E-state index in [1.54, 1.807) is 32.0 Å². The summed E-state index contributed by atoms with van der Waals surface area (Å²) >= 11 is 0. The predicted octanol–water partition coefficient (Wildman–Crippen LogP) is 3.95. The Morgan fingerprint density at radius 3 is 2.53 bits per heavy atom. The van der Waals surface area contributed by atoms with Crippen molar-refractivity contribution < 1.29 is 27.1 Å². The first kappa shape index (κ1) is 23.6. The molecule has 2 aromatic carbocycles. The van der Waals surface area contributed by atoms with E-state index in [2.05, 4.69) is 10.0 Å². The van der Waals surface area contributed by atoms with Crippen LogP contribution in [0.2, 0.25) is 0 Å². The topological polar surface area (TPSA) is 93.7 Å². The molecule has 30 heavy (non-hydrogen) atoms. The van der Waals surface area contributed by atoms with Crippen molar-refractivity contribution in [2.45, 2.75) is 44.6 Å². The molecule has 0 bridgehead atoms. The predicted molar refractivity (Wildman–Crippen MR) is 113 cm³/mol. The minimum Gasteiger partial charge on any atom is -0.497 e. The maximum absolute atomic E-state index is 14.3. The molecule has 2 aromatic rings. The highest BCUT2D eigenvalue weighted by Gasteiger charge is 2.21. The van der Waals surface area contributed by atoms with E-state index in [-0.39, 0.29) is 10.9 Å². The smallest absolute Gasteiger partial charge is 0.258 e. The molecular weight excluding hydrogens is 411 g/mol. The molecule has 0 fully saturated rings. The van der Waals surface area contributed by atoms with Crippen LogP contribution in [-0.2, 0) is 10.0 Å².